The van der Waals surface area contributed by atoms with Gasteiger partial charge in [0, 0.05) is 19.6 Å². The Labute approximate surface area is 113 Å². The van der Waals surface area contributed by atoms with E-state index in [-0.39, 0.29) is 10.7 Å². The first kappa shape index (κ1) is 13.3. The average Bonchev–Trinajstić information content (AvgIpc) is 2.82. The minimum Gasteiger partial charge on any atom is -0.342 e. The molecule has 0 saturated carbocycles. The summed E-state index contributed by atoms with van der Waals surface area (Å²) < 4.78 is 0. The van der Waals surface area contributed by atoms with Gasteiger partial charge < -0.3 is 9.80 Å². The zero-order valence-electron chi connectivity index (χ0n) is 10.7. The van der Waals surface area contributed by atoms with Crippen LogP contribution in [-0.2, 0) is 4.79 Å². The van der Waals surface area contributed by atoms with E-state index in [1.54, 1.807) is 0 Å². The third-order valence-electron chi connectivity index (χ3n) is 3.98. The maximum Gasteiger partial charge on any atom is 0.236 e. The van der Waals surface area contributed by atoms with Crippen molar-refractivity contribution in [1.82, 2.24) is 9.80 Å². The lowest BCUT2D eigenvalue weighted by molar-refractivity contribution is -0.131. The van der Waals surface area contributed by atoms with Gasteiger partial charge in [-0.15, -0.1) is 0 Å². The molecule has 0 aromatic rings. The fraction of sp³-hybridized carbons (Fsp3) is 0.923. The summed E-state index contributed by atoms with van der Waals surface area (Å²) in [5.74, 6) is 1.06. The van der Waals surface area contributed by atoms with Gasteiger partial charge in [-0.05, 0) is 51.6 Å². The average molecular weight is 303 g/mol. The molecule has 0 aromatic carbocycles. The number of amides is 1. The lowest BCUT2D eigenvalue weighted by Crippen LogP contribution is -2.43. The van der Waals surface area contributed by atoms with Gasteiger partial charge in [0.25, 0.3) is 0 Å². The SMILES string of the molecule is CC(Br)C(=O)N1CCC(CN2CCCC2)CC1. The highest BCUT2D eigenvalue weighted by Crippen LogP contribution is 2.21. The van der Waals surface area contributed by atoms with Gasteiger partial charge >= 0.3 is 0 Å². The quantitative estimate of drug-likeness (QED) is 0.746. The van der Waals surface area contributed by atoms with E-state index in [0.717, 1.165) is 19.0 Å². The predicted octanol–water partition coefficient (Wildman–Crippen LogP) is 2.10. The van der Waals surface area contributed by atoms with Crippen LogP contribution in [0, 0.1) is 5.92 Å². The first-order valence-electron chi connectivity index (χ1n) is 6.82. The molecule has 98 valence electrons. The van der Waals surface area contributed by atoms with Gasteiger partial charge in [0.05, 0.1) is 4.83 Å². The first-order valence-corrected chi connectivity index (χ1v) is 7.73. The van der Waals surface area contributed by atoms with E-state index < -0.39 is 0 Å². The van der Waals surface area contributed by atoms with Crippen LogP contribution in [0.5, 0.6) is 0 Å². The Hall–Kier alpha value is -0.0900. The minimum absolute atomic E-state index is 0.0300. The molecule has 0 N–H and O–H groups in total. The zero-order valence-corrected chi connectivity index (χ0v) is 12.3. The number of halogens is 1. The Morgan fingerprint density at radius 1 is 1.24 bits per heavy atom. The lowest BCUT2D eigenvalue weighted by atomic mass is 9.96. The van der Waals surface area contributed by atoms with E-state index in [2.05, 4.69) is 20.8 Å². The van der Waals surface area contributed by atoms with Gasteiger partial charge in [-0.1, -0.05) is 15.9 Å². The van der Waals surface area contributed by atoms with Crippen LogP contribution in [0.3, 0.4) is 0 Å². The lowest BCUT2D eigenvalue weighted by Gasteiger charge is -2.34. The second-order valence-electron chi connectivity index (χ2n) is 5.39. The second-order valence-corrected chi connectivity index (χ2v) is 6.77. The van der Waals surface area contributed by atoms with Crippen molar-refractivity contribution in [2.45, 2.75) is 37.4 Å². The standard InChI is InChI=1S/C13H23BrN2O/c1-11(14)13(17)16-8-4-12(5-9-16)10-15-6-2-3-7-15/h11-12H,2-10H2,1H3. The molecule has 17 heavy (non-hydrogen) atoms. The molecule has 0 spiro atoms. The van der Waals surface area contributed by atoms with Crippen molar-refractivity contribution in [1.29, 1.82) is 0 Å². The summed E-state index contributed by atoms with van der Waals surface area (Å²) in [5.41, 5.74) is 0. The summed E-state index contributed by atoms with van der Waals surface area (Å²) in [6.07, 6.45) is 5.11. The number of piperidine rings is 1. The number of alkyl halides is 1. The molecule has 4 heteroatoms. The summed E-state index contributed by atoms with van der Waals surface area (Å²) in [4.78, 5) is 16.4. The highest BCUT2D eigenvalue weighted by molar-refractivity contribution is 9.10. The van der Waals surface area contributed by atoms with Crippen molar-refractivity contribution in [2.75, 3.05) is 32.7 Å². The molecule has 1 atom stereocenters. The second kappa shape index (κ2) is 6.19. The Balaban J connectivity index is 1.72. The number of hydrogen-bond acceptors (Lipinski definition) is 2. The van der Waals surface area contributed by atoms with Gasteiger partial charge in [0.15, 0.2) is 0 Å². The van der Waals surface area contributed by atoms with Gasteiger partial charge in [-0.25, -0.2) is 0 Å². The molecule has 0 aliphatic carbocycles. The Kier molecular flexibility index (Phi) is 4.86. The van der Waals surface area contributed by atoms with Crippen LogP contribution in [0.25, 0.3) is 0 Å². The smallest absolute Gasteiger partial charge is 0.236 e. The van der Waals surface area contributed by atoms with Gasteiger partial charge in [-0.2, -0.15) is 0 Å². The Morgan fingerprint density at radius 2 is 1.82 bits per heavy atom. The predicted molar refractivity (Wildman–Crippen MR) is 73.4 cm³/mol. The van der Waals surface area contributed by atoms with Crippen LogP contribution in [-0.4, -0.2) is 53.3 Å². The molecule has 1 amide bonds. The van der Waals surface area contributed by atoms with Crippen LogP contribution < -0.4 is 0 Å². The summed E-state index contributed by atoms with van der Waals surface area (Å²) >= 11 is 3.36. The van der Waals surface area contributed by atoms with Crippen molar-refractivity contribution in [2.24, 2.45) is 5.92 Å². The van der Waals surface area contributed by atoms with Crippen molar-refractivity contribution < 1.29 is 4.79 Å². The fourth-order valence-electron chi connectivity index (χ4n) is 2.92. The molecule has 2 aliphatic rings. The zero-order chi connectivity index (χ0) is 12.3. The minimum atomic E-state index is -0.0300. The fourth-order valence-corrected chi connectivity index (χ4v) is 3.21. The topological polar surface area (TPSA) is 23.6 Å². The highest BCUT2D eigenvalue weighted by Gasteiger charge is 2.26. The molecule has 0 aromatic heterocycles. The van der Waals surface area contributed by atoms with Crippen LogP contribution >= 0.6 is 15.9 Å². The normalized spacial score (nSPS) is 25.2. The molecule has 2 fully saturated rings. The first-order chi connectivity index (χ1) is 8.16. The molecule has 3 nitrogen and oxygen atoms in total. The van der Waals surface area contributed by atoms with Gasteiger partial charge in [-0.3, -0.25) is 4.79 Å². The number of hydrogen-bond donors (Lipinski definition) is 0. The number of nitrogens with zero attached hydrogens (tertiary/aromatic N) is 2. The van der Waals surface area contributed by atoms with E-state index in [1.165, 1.54) is 45.3 Å². The van der Waals surface area contributed by atoms with Gasteiger partial charge in [0.1, 0.15) is 0 Å². The molecular weight excluding hydrogens is 280 g/mol. The molecule has 2 saturated heterocycles. The largest absolute Gasteiger partial charge is 0.342 e. The molecule has 0 bridgehead atoms. The van der Waals surface area contributed by atoms with E-state index in [9.17, 15) is 4.79 Å². The van der Waals surface area contributed by atoms with Crippen molar-refractivity contribution in [3.8, 4) is 0 Å². The summed E-state index contributed by atoms with van der Waals surface area (Å²) in [6.45, 7) is 7.65. The third-order valence-corrected chi connectivity index (χ3v) is 4.37. The van der Waals surface area contributed by atoms with Crippen LogP contribution in [0.1, 0.15) is 32.6 Å². The van der Waals surface area contributed by atoms with E-state index in [1.807, 2.05) is 11.8 Å². The van der Waals surface area contributed by atoms with Crippen LogP contribution in [0.4, 0.5) is 0 Å². The van der Waals surface area contributed by atoms with Crippen LogP contribution in [0.2, 0.25) is 0 Å². The summed E-state index contributed by atoms with van der Waals surface area (Å²) in [7, 11) is 0. The Bertz CT molecular complexity index is 256. The van der Waals surface area contributed by atoms with Crippen molar-refractivity contribution >= 4 is 21.8 Å². The van der Waals surface area contributed by atoms with E-state index in [4.69, 9.17) is 0 Å². The summed E-state index contributed by atoms with van der Waals surface area (Å²) in [6, 6.07) is 0. The molecular formula is C13H23BrN2O. The highest BCUT2D eigenvalue weighted by atomic mass is 79.9. The molecule has 2 rings (SSSR count). The Morgan fingerprint density at radius 3 is 2.35 bits per heavy atom. The number of carbonyl (C=O) groups is 1. The van der Waals surface area contributed by atoms with Crippen molar-refractivity contribution in [3.05, 3.63) is 0 Å². The third kappa shape index (κ3) is 3.68. The van der Waals surface area contributed by atoms with Crippen LogP contribution in [0.15, 0.2) is 0 Å². The molecule has 0 radical (unpaired) electrons. The monoisotopic (exact) mass is 302 g/mol. The summed E-state index contributed by atoms with van der Waals surface area (Å²) in [5, 5.41) is 0. The van der Waals surface area contributed by atoms with Gasteiger partial charge in [0.2, 0.25) is 5.91 Å². The molecule has 2 aliphatic heterocycles. The van der Waals surface area contributed by atoms with Crippen molar-refractivity contribution in [3.63, 3.8) is 0 Å². The molecule has 2 heterocycles. The van der Waals surface area contributed by atoms with E-state index >= 15 is 0 Å². The van der Waals surface area contributed by atoms with E-state index in [0.29, 0.717) is 0 Å². The number of rotatable bonds is 3. The number of likely N-dealkylation sites (tertiary alicyclic amines) is 2. The maximum absolute atomic E-state index is 11.8. The maximum atomic E-state index is 11.8. The molecule has 1 unspecified atom stereocenters. The number of carbonyl (C=O) groups excluding carboxylic acids is 1.